The summed E-state index contributed by atoms with van der Waals surface area (Å²) in [6.45, 7) is 0. The molecule has 0 aliphatic heterocycles. The lowest BCUT2D eigenvalue weighted by molar-refractivity contribution is -0.115. The summed E-state index contributed by atoms with van der Waals surface area (Å²) in [4.78, 5) is 12.0. The number of benzene rings is 2. The van der Waals surface area contributed by atoms with Crippen molar-refractivity contribution in [3.8, 4) is 0 Å². The molecule has 2 aromatic rings. The Hall–Kier alpha value is -1.52. The minimum atomic E-state index is -0.531. The van der Waals surface area contributed by atoms with Gasteiger partial charge >= 0.3 is 0 Å². The largest absolute Gasteiger partial charge is 0.324 e. The maximum Gasteiger partial charge on any atom is 0.237 e. The molecule has 0 saturated heterocycles. The van der Waals surface area contributed by atoms with Gasteiger partial charge in [0.25, 0.3) is 0 Å². The van der Waals surface area contributed by atoms with Crippen LogP contribution in [-0.2, 0) is 11.2 Å². The molecule has 1 amide bonds. The second-order valence-corrected chi connectivity index (χ2v) is 5.35. The zero-order chi connectivity index (χ0) is 14.5. The van der Waals surface area contributed by atoms with Crippen LogP contribution in [0.5, 0.6) is 0 Å². The number of hydrogen-bond acceptors (Lipinski definition) is 2. The Morgan fingerprint density at radius 1 is 1.25 bits per heavy atom. The van der Waals surface area contributed by atoms with Gasteiger partial charge in [0.2, 0.25) is 5.91 Å². The summed E-state index contributed by atoms with van der Waals surface area (Å²) in [5, 5.41) is 2.34. The van der Waals surface area contributed by atoms with Gasteiger partial charge in [0, 0.05) is 0 Å². The number of carbonyl (C=O) groups excluding carboxylic acids is 1. The first-order valence-electron chi connectivity index (χ1n) is 6.04. The Kier molecular flexibility index (Phi) is 5.04. The van der Waals surface area contributed by atoms with Crippen LogP contribution >= 0.6 is 24.2 Å². The van der Waals surface area contributed by atoms with E-state index in [0.717, 1.165) is 5.56 Å². The molecule has 0 radical (unpaired) electrons. The molecule has 1 unspecified atom stereocenters. The zero-order valence-corrected chi connectivity index (χ0v) is 12.2. The average Bonchev–Trinajstić information content (AvgIpc) is 2.44. The molecule has 0 aromatic heterocycles. The number of halogens is 2. The normalized spacial score (nSPS) is 11.9. The SMILES string of the molecule is O=C(Nc1cc(F)ccc1Cl)C(S)Cc1ccccc1. The monoisotopic (exact) mass is 309 g/mol. The van der Waals surface area contributed by atoms with Gasteiger partial charge in [-0.1, -0.05) is 41.9 Å². The van der Waals surface area contributed by atoms with Gasteiger partial charge in [0.15, 0.2) is 0 Å². The fourth-order valence-electron chi connectivity index (χ4n) is 1.74. The van der Waals surface area contributed by atoms with E-state index in [1.54, 1.807) is 0 Å². The maximum absolute atomic E-state index is 13.1. The third-order valence-corrected chi connectivity index (χ3v) is 3.51. The van der Waals surface area contributed by atoms with Crippen LogP contribution in [0.3, 0.4) is 0 Å². The predicted molar refractivity (Wildman–Crippen MR) is 83.0 cm³/mol. The van der Waals surface area contributed by atoms with Gasteiger partial charge in [-0.2, -0.15) is 12.6 Å². The van der Waals surface area contributed by atoms with Crippen LogP contribution in [0.2, 0.25) is 5.02 Å². The molecule has 5 heteroatoms. The van der Waals surface area contributed by atoms with Gasteiger partial charge in [0.1, 0.15) is 5.82 Å². The van der Waals surface area contributed by atoms with Crippen LogP contribution < -0.4 is 5.32 Å². The fourth-order valence-corrected chi connectivity index (χ4v) is 2.18. The molecular weight excluding hydrogens is 297 g/mol. The Morgan fingerprint density at radius 3 is 2.65 bits per heavy atom. The van der Waals surface area contributed by atoms with E-state index in [0.29, 0.717) is 11.4 Å². The molecule has 1 N–H and O–H groups in total. The molecule has 1 atom stereocenters. The third-order valence-electron chi connectivity index (χ3n) is 2.76. The van der Waals surface area contributed by atoms with Gasteiger partial charge in [-0.15, -0.1) is 0 Å². The summed E-state index contributed by atoms with van der Waals surface area (Å²) in [5.74, 6) is -0.770. The number of amides is 1. The molecule has 2 rings (SSSR count). The number of thiol groups is 1. The van der Waals surface area contributed by atoms with E-state index in [9.17, 15) is 9.18 Å². The first-order chi connectivity index (χ1) is 9.56. The molecule has 0 aliphatic carbocycles. The number of hydrogen-bond donors (Lipinski definition) is 2. The molecule has 2 nitrogen and oxygen atoms in total. The van der Waals surface area contributed by atoms with E-state index in [2.05, 4.69) is 17.9 Å². The van der Waals surface area contributed by atoms with Gasteiger partial charge in [-0.05, 0) is 30.2 Å². The highest BCUT2D eigenvalue weighted by Crippen LogP contribution is 2.23. The minimum Gasteiger partial charge on any atom is -0.324 e. The van der Waals surface area contributed by atoms with Crippen molar-refractivity contribution in [3.05, 3.63) is 64.9 Å². The second-order valence-electron chi connectivity index (χ2n) is 4.32. The Balaban J connectivity index is 2.02. The summed E-state index contributed by atoms with van der Waals surface area (Å²) in [5.41, 5.74) is 1.26. The Morgan fingerprint density at radius 2 is 1.95 bits per heavy atom. The summed E-state index contributed by atoms with van der Waals surface area (Å²) in [6.07, 6.45) is 0.489. The standard InChI is InChI=1S/C15H13ClFNOS/c16-12-7-6-11(17)9-13(12)18-15(19)14(20)8-10-4-2-1-3-5-10/h1-7,9,14,20H,8H2,(H,18,19). The summed E-state index contributed by atoms with van der Waals surface area (Å²) in [6, 6.07) is 13.4. The van der Waals surface area contributed by atoms with Crippen LogP contribution in [-0.4, -0.2) is 11.2 Å². The van der Waals surface area contributed by atoms with Crippen molar-refractivity contribution in [2.24, 2.45) is 0 Å². The highest BCUT2D eigenvalue weighted by Gasteiger charge is 2.16. The number of nitrogens with one attached hydrogen (secondary N) is 1. The molecule has 0 fully saturated rings. The second kappa shape index (κ2) is 6.77. The smallest absolute Gasteiger partial charge is 0.237 e. The highest BCUT2D eigenvalue weighted by molar-refractivity contribution is 7.81. The van der Waals surface area contributed by atoms with E-state index < -0.39 is 11.1 Å². The molecule has 0 aliphatic rings. The van der Waals surface area contributed by atoms with Crippen molar-refractivity contribution in [2.75, 3.05) is 5.32 Å². The molecule has 0 spiro atoms. The van der Waals surface area contributed by atoms with Crippen LogP contribution in [0.25, 0.3) is 0 Å². The molecule has 2 aromatic carbocycles. The quantitative estimate of drug-likeness (QED) is 0.823. The number of rotatable bonds is 4. The summed E-state index contributed by atoms with van der Waals surface area (Å²) in [7, 11) is 0. The predicted octanol–water partition coefficient (Wildman–Crippen LogP) is 3.96. The van der Waals surface area contributed by atoms with Crippen LogP contribution in [0, 0.1) is 5.82 Å². The Labute approximate surface area is 127 Å². The van der Waals surface area contributed by atoms with Gasteiger partial charge in [0.05, 0.1) is 16.0 Å². The van der Waals surface area contributed by atoms with E-state index >= 15 is 0 Å². The zero-order valence-electron chi connectivity index (χ0n) is 10.5. The molecule has 0 bridgehead atoms. The van der Waals surface area contributed by atoms with Gasteiger partial charge in [-0.3, -0.25) is 4.79 Å². The van der Waals surface area contributed by atoms with E-state index in [4.69, 9.17) is 11.6 Å². The first kappa shape index (κ1) is 14.9. The van der Waals surface area contributed by atoms with Crippen molar-refractivity contribution in [3.63, 3.8) is 0 Å². The number of anilines is 1. The van der Waals surface area contributed by atoms with Crippen molar-refractivity contribution >= 4 is 35.8 Å². The lowest BCUT2D eigenvalue weighted by Crippen LogP contribution is -2.25. The topological polar surface area (TPSA) is 29.1 Å². The van der Waals surface area contributed by atoms with Crippen LogP contribution in [0.15, 0.2) is 48.5 Å². The number of carbonyl (C=O) groups is 1. The molecule has 20 heavy (non-hydrogen) atoms. The average molecular weight is 310 g/mol. The molecular formula is C15H13ClFNOS. The highest BCUT2D eigenvalue weighted by atomic mass is 35.5. The molecule has 104 valence electrons. The van der Waals surface area contributed by atoms with Crippen molar-refractivity contribution in [2.45, 2.75) is 11.7 Å². The van der Waals surface area contributed by atoms with E-state index in [1.165, 1.54) is 18.2 Å². The van der Waals surface area contributed by atoms with Crippen molar-refractivity contribution in [1.82, 2.24) is 0 Å². The van der Waals surface area contributed by atoms with Gasteiger partial charge in [-0.25, -0.2) is 4.39 Å². The third kappa shape index (κ3) is 3.99. The minimum absolute atomic E-state index is 0.253. The lowest BCUT2D eigenvalue weighted by atomic mass is 10.1. The summed E-state index contributed by atoms with van der Waals surface area (Å²) < 4.78 is 13.1. The van der Waals surface area contributed by atoms with Crippen molar-refractivity contribution < 1.29 is 9.18 Å². The Bertz CT molecular complexity index is 606. The van der Waals surface area contributed by atoms with E-state index in [1.807, 2.05) is 30.3 Å². The van der Waals surface area contributed by atoms with E-state index in [-0.39, 0.29) is 11.6 Å². The molecule has 0 saturated carbocycles. The van der Waals surface area contributed by atoms with Crippen molar-refractivity contribution in [1.29, 1.82) is 0 Å². The van der Waals surface area contributed by atoms with Gasteiger partial charge < -0.3 is 5.32 Å². The molecule has 0 heterocycles. The maximum atomic E-state index is 13.1. The fraction of sp³-hybridized carbons (Fsp3) is 0.133. The lowest BCUT2D eigenvalue weighted by Gasteiger charge is -2.12. The van der Waals surface area contributed by atoms with Crippen LogP contribution in [0.1, 0.15) is 5.56 Å². The van der Waals surface area contributed by atoms with Crippen LogP contribution in [0.4, 0.5) is 10.1 Å². The first-order valence-corrected chi connectivity index (χ1v) is 6.93. The summed E-state index contributed by atoms with van der Waals surface area (Å²) >= 11 is 10.2.